The SMILES string of the molecule is CC1CN(S(=O)(=O)CCC2CC2)CCN1. The van der Waals surface area contributed by atoms with E-state index in [0.29, 0.717) is 24.8 Å². The van der Waals surface area contributed by atoms with Crippen LogP contribution in [-0.4, -0.2) is 44.2 Å². The van der Waals surface area contributed by atoms with Gasteiger partial charge in [-0.15, -0.1) is 0 Å². The van der Waals surface area contributed by atoms with Crippen LogP contribution >= 0.6 is 0 Å². The van der Waals surface area contributed by atoms with Crippen molar-refractivity contribution in [2.24, 2.45) is 5.92 Å². The van der Waals surface area contributed by atoms with E-state index in [9.17, 15) is 8.42 Å². The Bertz CT molecular complexity index is 311. The van der Waals surface area contributed by atoms with E-state index in [2.05, 4.69) is 5.32 Å². The Morgan fingerprint density at radius 3 is 2.73 bits per heavy atom. The van der Waals surface area contributed by atoms with Crippen molar-refractivity contribution in [1.29, 1.82) is 0 Å². The third-order valence-electron chi connectivity index (χ3n) is 3.21. The Morgan fingerprint density at radius 1 is 1.40 bits per heavy atom. The molecule has 5 heteroatoms. The van der Waals surface area contributed by atoms with E-state index in [1.165, 1.54) is 12.8 Å². The summed E-state index contributed by atoms with van der Waals surface area (Å²) in [7, 11) is -2.98. The van der Waals surface area contributed by atoms with Gasteiger partial charge in [-0.2, -0.15) is 4.31 Å². The summed E-state index contributed by atoms with van der Waals surface area (Å²) in [6, 6.07) is 0.287. The second-order valence-corrected chi connectivity index (χ2v) is 6.85. The van der Waals surface area contributed by atoms with Crippen molar-refractivity contribution in [3.63, 3.8) is 0 Å². The molecule has 15 heavy (non-hydrogen) atoms. The topological polar surface area (TPSA) is 49.4 Å². The number of rotatable bonds is 4. The maximum Gasteiger partial charge on any atom is 0.214 e. The zero-order valence-electron chi connectivity index (χ0n) is 9.28. The van der Waals surface area contributed by atoms with Crippen LogP contribution in [-0.2, 0) is 10.0 Å². The average Bonchev–Trinajstić information content (AvgIpc) is 2.98. The zero-order chi connectivity index (χ0) is 10.9. The second kappa shape index (κ2) is 4.39. The van der Waals surface area contributed by atoms with Crippen molar-refractivity contribution < 1.29 is 8.42 Å². The summed E-state index contributed by atoms with van der Waals surface area (Å²) in [4.78, 5) is 0. The van der Waals surface area contributed by atoms with Crippen molar-refractivity contribution >= 4 is 10.0 Å². The molecule has 2 rings (SSSR count). The van der Waals surface area contributed by atoms with Crippen LogP contribution < -0.4 is 5.32 Å². The molecule has 1 saturated carbocycles. The molecular weight excluding hydrogens is 212 g/mol. The number of hydrogen-bond acceptors (Lipinski definition) is 3. The molecular formula is C10H20N2O2S. The summed E-state index contributed by atoms with van der Waals surface area (Å²) in [5, 5.41) is 3.26. The van der Waals surface area contributed by atoms with Gasteiger partial charge in [0.1, 0.15) is 0 Å². The first kappa shape index (κ1) is 11.4. The van der Waals surface area contributed by atoms with E-state index in [-0.39, 0.29) is 6.04 Å². The Hall–Kier alpha value is -0.130. The van der Waals surface area contributed by atoms with Crippen LogP contribution in [0.2, 0.25) is 0 Å². The summed E-state index contributed by atoms with van der Waals surface area (Å²) in [5.74, 6) is 1.05. The highest BCUT2D eigenvalue weighted by molar-refractivity contribution is 7.89. The summed E-state index contributed by atoms with van der Waals surface area (Å²) >= 11 is 0. The van der Waals surface area contributed by atoms with Gasteiger partial charge in [-0.05, 0) is 19.3 Å². The highest BCUT2D eigenvalue weighted by Crippen LogP contribution is 2.32. The fourth-order valence-electron chi connectivity index (χ4n) is 2.00. The van der Waals surface area contributed by atoms with Gasteiger partial charge in [0.2, 0.25) is 10.0 Å². The second-order valence-electron chi connectivity index (χ2n) is 4.76. The van der Waals surface area contributed by atoms with Crippen LogP contribution in [0.25, 0.3) is 0 Å². The highest BCUT2D eigenvalue weighted by Gasteiger charge is 2.29. The number of nitrogens with zero attached hydrogens (tertiary/aromatic N) is 1. The van der Waals surface area contributed by atoms with Crippen LogP contribution in [0, 0.1) is 5.92 Å². The van der Waals surface area contributed by atoms with Gasteiger partial charge >= 0.3 is 0 Å². The standard InChI is InChI=1S/C10H20N2O2S/c1-9-8-12(6-5-11-9)15(13,14)7-4-10-2-3-10/h9-11H,2-8H2,1H3. The quantitative estimate of drug-likeness (QED) is 0.764. The molecule has 1 heterocycles. The van der Waals surface area contributed by atoms with E-state index >= 15 is 0 Å². The van der Waals surface area contributed by atoms with Gasteiger partial charge in [0.15, 0.2) is 0 Å². The molecule has 1 aliphatic carbocycles. The predicted octanol–water partition coefficient (Wildman–Crippen LogP) is 0.410. The molecule has 0 amide bonds. The lowest BCUT2D eigenvalue weighted by atomic mass is 10.3. The molecule has 0 radical (unpaired) electrons. The Balaban J connectivity index is 1.88. The zero-order valence-corrected chi connectivity index (χ0v) is 10.1. The van der Waals surface area contributed by atoms with Crippen LogP contribution in [0.1, 0.15) is 26.2 Å². The lowest BCUT2D eigenvalue weighted by molar-refractivity contribution is 0.310. The van der Waals surface area contributed by atoms with Crippen molar-refractivity contribution in [2.45, 2.75) is 32.2 Å². The number of piperazine rings is 1. The summed E-state index contributed by atoms with van der Waals surface area (Å²) < 4.78 is 25.6. The highest BCUT2D eigenvalue weighted by atomic mass is 32.2. The number of hydrogen-bond donors (Lipinski definition) is 1. The third kappa shape index (κ3) is 3.16. The minimum atomic E-state index is -2.98. The first-order valence-corrected chi connectivity index (χ1v) is 7.40. The molecule has 1 unspecified atom stereocenters. The lowest BCUT2D eigenvalue weighted by Crippen LogP contribution is -2.51. The Morgan fingerprint density at radius 2 is 2.13 bits per heavy atom. The summed E-state index contributed by atoms with van der Waals surface area (Å²) in [6.45, 7) is 4.08. The van der Waals surface area contributed by atoms with Gasteiger partial charge < -0.3 is 5.32 Å². The van der Waals surface area contributed by atoms with Crippen molar-refractivity contribution in [3.8, 4) is 0 Å². The van der Waals surface area contributed by atoms with E-state index in [0.717, 1.165) is 13.0 Å². The Kier molecular flexibility index (Phi) is 3.33. The van der Waals surface area contributed by atoms with Crippen LogP contribution in [0.5, 0.6) is 0 Å². The predicted molar refractivity (Wildman–Crippen MR) is 60.2 cm³/mol. The van der Waals surface area contributed by atoms with E-state index in [1.807, 2.05) is 6.92 Å². The molecule has 4 nitrogen and oxygen atoms in total. The fourth-order valence-corrected chi connectivity index (χ4v) is 3.71. The minimum absolute atomic E-state index is 0.287. The van der Waals surface area contributed by atoms with Gasteiger partial charge in [0, 0.05) is 25.7 Å². The minimum Gasteiger partial charge on any atom is -0.312 e. The monoisotopic (exact) mass is 232 g/mol. The molecule has 88 valence electrons. The van der Waals surface area contributed by atoms with Gasteiger partial charge in [-0.3, -0.25) is 0 Å². The van der Waals surface area contributed by atoms with E-state index in [1.54, 1.807) is 4.31 Å². The molecule has 0 aromatic rings. The largest absolute Gasteiger partial charge is 0.312 e. The van der Waals surface area contributed by atoms with Gasteiger partial charge in [0.25, 0.3) is 0 Å². The van der Waals surface area contributed by atoms with E-state index < -0.39 is 10.0 Å². The number of sulfonamides is 1. The first-order chi connectivity index (χ1) is 7.08. The fraction of sp³-hybridized carbons (Fsp3) is 1.00. The first-order valence-electron chi connectivity index (χ1n) is 5.79. The molecule has 1 N–H and O–H groups in total. The maximum absolute atomic E-state index is 12.0. The normalized spacial score (nSPS) is 29.3. The smallest absolute Gasteiger partial charge is 0.214 e. The molecule has 0 aromatic carbocycles. The van der Waals surface area contributed by atoms with Gasteiger partial charge in [-0.25, -0.2) is 8.42 Å². The summed E-state index contributed by atoms with van der Waals surface area (Å²) in [6.07, 6.45) is 3.32. The molecule has 1 aliphatic heterocycles. The molecule has 2 fully saturated rings. The van der Waals surface area contributed by atoms with Gasteiger partial charge in [-0.1, -0.05) is 12.8 Å². The molecule has 0 bridgehead atoms. The molecule has 0 spiro atoms. The number of nitrogens with one attached hydrogen (secondary N) is 1. The van der Waals surface area contributed by atoms with E-state index in [4.69, 9.17) is 0 Å². The molecule has 2 aliphatic rings. The van der Waals surface area contributed by atoms with Crippen LogP contribution in [0.3, 0.4) is 0 Å². The van der Waals surface area contributed by atoms with Crippen molar-refractivity contribution in [1.82, 2.24) is 9.62 Å². The Labute approximate surface area is 92.1 Å². The van der Waals surface area contributed by atoms with Crippen LogP contribution in [0.15, 0.2) is 0 Å². The maximum atomic E-state index is 12.0. The van der Waals surface area contributed by atoms with Crippen molar-refractivity contribution in [2.75, 3.05) is 25.4 Å². The molecule has 0 aromatic heterocycles. The lowest BCUT2D eigenvalue weighted by Gasteiger charge is -2.31. The van der Waals surface area contributed by atoms with Crippen LogP contribution in [0.4, 0.5) is 0 Å². The molecule has 1 saturated heterocycles. The van der Waals surface area contributed by atoms with Crippen molar-refractivity contribution in [3.05, 3.63) is 0 Å². The molecule has 1 atom stereocenters. The third-order valence-corrected chi connectivity index (χ3v) is 5.08. The summed E-state index contributed by atoms with van der Waals surface area (Å²) in [5.41, 5.74) is 0. The average molecular weight is 232 g/mol. The van der Waals surface area contributed by atoms with Gasteiger partial charge in [0.05, 0.1) is 5.75 Å².